The van der Waals surface area contributed by atoms with E-state index in [1.807, 2.05) is 43.5 Å². The number of likely N-dealkylation sites (tertiary alicyclic amines) is 1. The Morgan fingerprint density at radius 1 is 1.15 bits per heavy atom. The fraction of sp³-hybridized carbons (Fsp3) is 0.455. The van der Waals surface area contributed by atoms with Crippen LogP contribution in [0, 0.1) is 12.8 Å². The van der Waals surface area contributed by atoms with E-state index < -0.39 is 0 Å². The van der Waals surface area contributed by atoms with Crippen molar-refractivity contribution in [2.75, 3.05) is 13.1 Å². The van der Waals surface area contributed by atoms with Gasteiger partial charge in [0.1, 0.15) is 5.69 Å². The van der Waals surface area contributed by atoms with E-state index in [0.717, 1.165) is 24.0 Å². The second-order valence-corrected chi connectivity index (χ2v) is 8.37. The van der Waals surface area contributed by atoms with Gasteiger partial charge in [0.15, 0.2) is 5.78 Å². The zero-order chi connectivity index (χ0) is 18.9. The van der Waals surface area contributed by atoms with Gasteiger partial charge in [-0.1, -0.05) is 45.0 Å². The van der Waals surface area contributed by atoms with Gasteiger partial charge in [0.05, 0.1) is 0 Å². The van der Waals surface area contributed by atoms with E-state index in [0.29, 0.717) is 18.8 Å². The second kappa shape index (κ2) is 7.10. The number of aryl methyl sites for hydroxylation is 1. The van der Waals surface area contributed by atoms with E-state index in [1.165, 1.54) is 5.56 Å². The quantitative estimate of drug-likeness (QED) is 0.835. The molecule has 4 heteroatoms. The fourth-order valence-electron chi connectivity index (χ4n) is 3.54. The molecule has 1 atom stereocenters. The maximum atomic E-state index is 12.9. The molecule has 138 valence electrons. The molecule has 1 N–H and O–H groups in total. The van der Waals surface area contributed by atoms with Gasteiger partial charge in [-0.3, -0.25) is 9.59 Å². The number of aromatic amines is 1. The molecule has 0 saturated carbocycles. The summed E-state index contributed by atoms with van der Waals surface area (Å²) < 4.78 is 0. The largest absolute Gasteiger partial charge is 0.357 e. The highest BCUT2D eigenvalue weighted by Gasteiger charge is 2.30. The molecule has 4 nitrogen and oxygen atoms in total. The monoisotopic (exact) mass is 352 g/mol. The highest BCUT2D eigenvalue weighted by Crippen LogP contribution is 2.25. The van der Waals surface area contributed by atoms with E-state index in [9.17, 15) is 9.59 Å². The summed E-state index contributed by atoms with van der Waals surface area (Å²) in [4.78, 5) is 30.4. The SMILES string of the molecule is Cc1c[nH]c(C(=O)N2CCCC(C(=O)c3ccc(C(C)(C)C)cc3)C2)c1. The first-order valence-corrected chi connectivity index (χ1v) is 9.35. The van der Waals surface area contributed by atoms with Gasteiger partial charge in [0.25, 0.3) is 5.91 Å². The number of amides is 1. The molecule has 2 heterocycles. The van der Waals surface area contributed by atoms with Crippen LogP contribution in [-0.2, 0) is 5.41 Å². The number of H-pyrrole nitrogens is 1. The molecule has 0 radical (unpaired) electrons. The molecule has 1 aromatic carbocycles. The van der Waals surface area contributed by atoms with E-state index in [1.54, 1.807) is 4.90 Å². The van der Waals surface area contributed by atoms with Gasteiger partial charge in [-0.15, -0.1) is 0 Å². The van der Waals surface area contributed by atoms with Crippen LogP contribution in [0.5, 0.6) is 0 Å². The molecule has 0 bridgehead atoms. The molecular formula is C22H28N2O2. The topological polar surface area (TPSA) is 53.2 Å². The molecule has 1 amide bonds. The summed E-state index contributed by atoms with van der Waals surface area (Å²) >= 11 is 0. The van der Waals surface area contributed by atoms with Crippen LogP contribution in [0.2, 0.25) is 0 Å². The number of aromatic nitrogens is 1. The van der Waals surface area contributed by atoms with E-state index in [2.05, 4.69) is 25.8 Å². The van der Waals surface area contributed by atoms with Crippen LogP contribution in [0.3, 0.4) is 0 Å². The van der Waals surface area contributed by atoms with Gasteiger partial charge in [0.2, 0.25) is 0 Å². The highest BCUT2D eigenvalue weighted by atomic mass is 16.2. The molecule has 0 spiro atoms. The first kappa shape index (κ1) is 18.4. The number of nitrogens with one attached hydrogen (secondary N) is 1. The van der Waals surface area contributed by atoms with Crippen LogP contribution in [0.4, 0.5) is 0 Å². The van der Waals surface area contributed by atoms with Gasteiger partial charge < -0.3 is 9.88 Å². The molecule has 26 heavy (non-hydrogen) atoms. The van der Waals surface area contributed by atoms with Crippen LogP contribution < -0.4 is 0 Å². The summed E-state index contributed by atoms with van der Waals surface area (Å²) in [6, 6.07) is 9.80. The molecule has 3 rings (SSSR count). The van der Waals surface area contributed by atoms with Crippen LogP contribution >= 0.6 is 0 Å². The number of nitrogens with zero attached hydrogens (tertiary/aromatic N) is 1. The Bertz CT molecular complexity index is 796. The van der Waals surface area contributed by atoms with E-state index in [4.69, 9.17) is 0 Å². The minimum Gasteiger partial charge on any atom is -0.357 e. The van der Waals surface area contributed by atoms with Gasteiger partial charge >= 0.3 is 0 Å². The standard InChI is InChI=1S/C22H28N2O2/c1-15-12-19(23-13-15)21(26)24-11-5-6-17(14-24)20(25)16-7-9-18(10-8-16)22(2,3)4/h7-10,12-13,17,23H,5-6,11,14H2,1-4H3. The summed E-state index contributed by atoms with van der Waals surface area (Å²) in [6.07, 6.45) is 3.53. The Kier molecular flexibility index (Phi) is 5.03. The lowest BCUT2D eigenvalue weighted by atomic mass is 9.85. The summed E-state index contributed by atoms with van der Waals surface area (Å²) in [5.74, 6) is 0.00792. The summed E-state index contributed by atoms with van der Waals surface area (Å²) in [7, 11) is 0. The Morgan fingerprint density at radius 2 is 1.85 bits per heavy atom. The average Bonchev–Trinajstić information content (AvgIpc) is 3.06. The molecular weight excluding hydrogens is 324 g/mol. The Balaban J connectivity index is 1.71. The number of Topliss-reactive ketones (excluding diaryl/α,β-unsaturated/α-hetero) is 1. The van der Waals surface area contributed by atoms with Crippen molar-refractivity contribution in [3.63, 3.8) is 0 Å². The zero-order valence-corrected chi connectivity index (χ0v) is 16.1. The van der Waals surface area contributed by atoms with E-state index >= 15 is 0 Å². The number of ketones is 1. The predicted molar refractivity (Wildman–Crippen MR) is 104 cm³/mol. The Hall–Kier alpha value is -2.36. The number of rotatable bonds is 3. The molecule has 1 saturated heterocycles. The van der Waals surface area contributed by atoms with E-state index in [-0.39, 0.29) is 23.0 Å². The number of carbonyl (C=O) groups excluding carboxylic acids is 2. The Labute approximate surface area is 155 Å². The maximum Gasteiger partial charge on any atom is 0.270 e. The van der Waals surface area contributed by atoms with Crippen molar-refractivity contribution >= 4 is 11.7 Å². The summed E-state index contributed by atoms with van der Waals surface area (Å²) in [5.41, 5.74) is 3.68. The van der Waals surface area contributed by atoms with Gasteiger partial charge in [0, 0.05) is 30.8 Å². The van der Waals surface area contributed by atoms with Gasteiger partial charge in [-0.25, -0.2) is 0 Å². The molecule has 1 aromatic heterocycles. The number of hydrogen-bond acceptors (Lipinski definition) is 2. The van der Waals surface area contributed by atoms with Crippen LogP contribution in [0.1, 0.15) is 65.6 Å². The second-order valence-electron chi connectivity index (χ2n) is 8.37. The molecule has 2 aromatic rings. The summed E-state index contributed by atoms with van der Waals surface area (Å²) in [5, 5.41) is 0. The molecule has 1 fully saturated rings. The lowest BCUT2D eigenvalue weighted by Crippen LogP contribution is -2.42. The third-order valence-electron chi connectivity index (χ3n) is 5.17. The van der Waals surface area contributed by atoms with Gasteiger partial charge in [-0.2, -0.15) is 0 Å². The molecule has 1 aliphatic rings. The van der Waals surface area contributed by atoms with Crippen molar-refractivity contribution in [2.24, 2.45) is 5.92 Å². The Morgan fingerprint density at radius 3 is 2.42 bits per heavy atom. The number of benzene rings is 1. The highest BCUT2D eigenvalue weighted by molar-refractivity contribution is 5.99. The smallest absolute Gasteiger partial charge is 0.270 e. The molecule has 1 unspecified atom stereocenters. The molecule has 1 aliphatic heterocycles. The minimum atomic E-state index is -0.121. The predicted octanol–water partition coefficient (Wildman–Crippen LogP) is 4.36. The van der Waals surface area contributed by atoms with Crippen molar-refractivity contribution in [1.29, 1.82) is 0 Å². The van der Waals surface area contributed by atoms with Crippen molar-refractivity contribution in [2.45, 2.75) is 46.0 Å². The third-order valence-corrected chi connectivity index (χ3v) is 5.17. The molecule has 0 aliphatic carbocycles. The van der Waals surface area contributed by atoms with Crippen molar-refractivity contribution in [3.8, 4) is 0 Å². The first-order chi connectivity index (χ1) is 12.3. The van der Waals surface area contributed by atoms with Crippen LogP contribution in [-0.4, -0.2) is 34.7 Å². The number of carbonyl (C=O) groups is 2. The lowest BCUT2D eigenvalue weighted by molar-refractivity contribution is 0.0632. The normalized spacial score (nSPS) is 18.0. The number of hydrogen-bond donors (Lipinski definition) is 1. The van der Waals surface area contributed by atoms with Gasteiger partial charge in [-0.05, 0) is 42.4 Å². The third kappa shape index (κ3) is 3.90. The summed E-state index contributed by atoms with van der Waals surface area (Å²) in [6.45, 7) is 9.65. The van der Waals surface area contributed by atoms with Crippen molar-refractivity contribution in [1.82, 2.24) is 9.88 Å². The number of piperidine rings is 1. The van der Waals surface area contributed by atoms with Crippen molar-refractivity contribution in [3.05, 3.63) is 58.9 Å². The van der Waals surface area contributed by atoms with Crippen LogP contribution in [0.15, 0.2) is 36.5 Å². The minimum absolute atomic E-state index is 0.0151. The van der Waals surface area contributed by atoms with Crippen molar-refractivity contribution < 1.29 is 9.59 Å². The first-order valence-electron chi connectivity index (χ1n) is 9.35. The lowest BCUT2D eigenvalue weighted by Gasteiger charge is -2.32. The fourth-order valence-corrected chi connectivity index (χ4v) is 3.54. The maximum absolute atomic E-state index is 12.9. The zero-order valence-electron chi connectivity index (χ0n) is 16.1. The van der Waals surface area contributed by atoms with Crippen LogP contribution in [0.25, 0.3) is 0 Å². The average molecular weight is 352 g/mol.